The number of nitrogens with zero attached hydrogens (tertiary/aromatic N) is 1. The number of para-hydroxylation sites is 2. The van der Waals surface area contributed by atoms with Gasteiger partial charge in [0.1, 0.15) is 5.75 Å². The fourth-order valence-corrected chi connectivity index (χ4v) is 2.95. The van der Waals surface area contributed by atoms with Gasteiger partial charge in [-0.1, -0.05) is 35.9 Å². The Bertz CT molecular complexity index is 742. The van der Waals surface area contributed by atoms with E-state index in [0.717, 1.165) is 5.56 Å². The van der Waals surface area contributed by atoms with E-state index in [-0.39, 0.29) is 24.2 Å². The molecule has 0 saturated carbocycles. The molecule has 0 aromatic heterocycles. The van der Waals surface area contributed by atoms with Crippen LogP contribution >= 0.6 is 11.6 Å². The number of amides is 2. The van der Waals surface area contributed by atoms with Gasteiger partial charge < -0.3 is 4.74 Å². The number of methoxy groups -OCH3 is 1. The Morgan fingerprint density at radius 1 is 1.13 bits per heavy atom. The van der Waals surface area contributed by atoms with Gasteiger partial charge in [0.15, 0.2) is 0 Å². The molecular formula is C18H16ClNO3. The number of halogens is 1. The molecule has 2 amide bonds. The average molecular weight is 330 g/mol. The molecule has 1 aliphatic rings. The molecule has 0 bridgehead atoms. The van der Waals surface area contributed by atoms with Crippen LogP contribution in [0.15, 0.2) is 48.5 Å². The van der Waals surface area contributed by atoms with Crippen molar-refractivity contribution in [1.82, 2.24) is 0 Å². The highest BCUT2D eigenvalue weighted by molar-refractivity contribution is 6.30. The number of rotatable bonds is 4. The number of imide groups is 1. The van der Waals surface area contributed by atoms with Gasteiger partial charge in [-0.2, -0.15) is 0 Å². The minimum absolute atomic E-state index is 0.186. The van der Waals surface area contributed by atoms with Crippen LogP contribution in [0.1, 0.15) is 12.0 Å². The van der Waals surface area contributed by atoms with Crippen LogP contribution in [0.5, 0.6) is 5.75 Å². The molecule has 0 N–H and O–H groups in total. The molecule has 4 nitrogen and oxygen atoms in total. The van der Waals surface area contributed by atoms with E-state index in [4.69, 9.17) is 16.3 Å². The summed E-state index contributed by atoms with van der Waals surface area (Å²) in [6.45, 7) is 0. The molecule has 1 saturated heterocycles. The fourth-order valence-electron chi connectivity index (χ4n) is 2.83. The standard InChI is InChI=1S/C18H16ClNO3/c1-23-16-5-3-2-4-15(16)20-17(21)11-13(18(20)22)10-12-6-8-14(19)9-7-12/h2-9,13H,10-11H2,1H3/t13-/m0/s1. The van der Waals surface area contributed by atoms with E-state index in [0.29, 0.717) is 22.9 Å². The molecule has 0 unspecified atom stereocenters. The van der Waals surface area contributed by atoms with Crippen molar-refractivity contribution in [3.8, 4) is 5.75 Å². The van der Waals surface area contributed by atoms with E-state index in [1.165, 1.54) is 12.0 Å². The lowest BCUT2D eigenvalue weighted by molar-refractivity contribution is -0.122. The molecule has 1 heterocycles. The highest BCUT2D eigenvalue weighted by Gasteiger charge is 2.40. The van der Waals surface area contributed by atoms with Crippen LogP contribution < -0.4 is 9.64 Å². The summed E-state index contributed by atoms with van der Waals surface area (Å²) in [6, 6.07) is 14.4. The second kappa shape index (κ2) is 6.42. The van der Waals surface area contributed by atoms with Crippen molar-refractivity contribution >= 4 is 29.1 Å². The van der Waals surface area contributed by atoms with Crippen molar-refractivity contribution in [1.29, 1.82) is 0 Å². The zero-order valence-corrected chi connectivity index (χ0v) is 13.4. The molecule has 23 heavy (non-hydrogen) atoms. The van der Waals surface area contributed by atoms with Gasteiger partial charge in [0.25, 0.3) is 0 Å². The first-order chi connectivity index (χ1) is 11.1. The minimum atomic E-state index is -0.353. The minimum Gasteiger partial charge on any atom is -0.495 e. The number of anilines is 1. The zero-order chi connectivity index (χ0) is 16.4. The van der Waals surface area contributed by atoms with Crippen LogP contribution in [-0.2, 0) is 16.0 Å². The van der Waals surface area contributed by atoms with Crippen molar-refractivity contribution in [3.05, 3.63) is 59.1 Å². The van der Waals surface area contributed by atoms with Gasteiger partial charge >= 0.3 is 0 Å². The predicted molar refractivity (Wildman–Crippen MR) is 88.8 cm³/mol. The molecule has 1 fully saturated rings. The summed E-state index contributed by atoms with van der Waals surface area (Å²) in [6.07, 6.45) is 0.729. The topological polar surface area (TPSA) is 46.6 Å². The van der Waals surface area contributed by atoms with Gasteiger partial charge in [-0.3, -0.25) is 9.59 Å². The van der Waals surface area contributed by atoms with Crippen molar-refractivity contribution in [3.63, 3.8) is 0 Å². The molecule has 5 heteroatoms. The van der Waals surface area contributed by atoms with E-state index in [1.54, 1.807) is 36.4 Å². The monoisotopic (exact) mass is 329 g/mol. The summed E-state index contributed by atoms with van der Waals surface area (Å²) in [5, 5.41) is 0.651. The van der Waals surface area contributed by atoms with Crippen LogP contribution in [0, 0.1) is 5.92 Å². The summed E-state index contributed by atoms with van der Waals surface area (Å²) < 4.78 is 5.26. The van der Waals surface area contributed by atoms with Gasteiger partial charge in [-0.25, -0.2) is 4.90 Å². The van der Waals surface area contributed by atoms with Crippen LogP contribution in [0.2, 0.25) is 5.02 Å². The van der Waals surface area contributed by atoms with Crippen LogP contribution in [0.25, 0.3) is 0 Å². The molecule has 118 valence electrons. The smallest absolute Gasteiger partial charge is 0.237 e. The first-order valence-electron chi connectivity index (χ1n) is 7.34. The van der Waals surface area contributed by atoms with Gasteiger partial charge in [-0.05, 0) is 36.2 Å². The SMILES string of the molecule is COc1ccccc1N1C(=O)C[C@H](Cc2ccc(Cl)cc2)C1=O. The average Bonchev–Trinajstić information content (AvgIpc) is 2.83. The highest BCUT2D eigenvalue weighted by Crippen LogP contribution is 2.34. The quantitative estimate of drug-likeness (QED) is 0.807. The Hall–Kier alpha value is -2.33. The number of benzene rings is 2. The second-order valence-electron chi connectivity index (χ2n) is 5.47. The van der Waals surface area contributed by atoms with Crippen molar-refractivity contribution < 1.29 is 14.3 Å². The lowest BCUT2D eigenvalue weighted by Crippen LogP contribution is -2.31. The summed E-state index contributed by atoms with van der Waals surface area (Å²) in [5.74, 6) is -0.220. The van der Waals surface area contributed by atoms with E-state index in [9.17, 15) is 9.59 Å². The van der Waals surface area contributed by atoms with Crippen molar-refractivity contribution in [2.45, 2.75) is 12.8 Å². The van der Waals surface area contributed by atoms with E-state index >= 15 is 0 Å². The molecule has 0 spiro atoms. The summed E-state index contributed by atoms with van der Waals surface area (Å²) in [5.41, 5.74) is 1.49. The Kier molecular flexibility index (Phi) is 4.35. The first-order valence-corrected chi connectivity index (χ1v) is 7.72. The van der Waals surface area contributed by atoms with Gasteiger partial charge in [0.05, 0.1) is 18.7 Å². The summed E-state index contributed by atoms with van der Waals surface area (Å²) >= 11 is 5.87. The Morgan fingerprint density at radius 2 is 1.83 bits per heavy atom. The Morgan fingerprint density at radius 3 is 2.52 bits per heavy atom. The van der Waals surface area contributed by atoms with Gasteiger partial charge in [-0.15, -0.1) is 0 Å². The maximum atomic E-state index is 12.7. The number of carbonyl (C=O) groups excluding carboxylic acids is 2. The van der Waals surface area contributed by atoms with Gasteiger partial charge in [0, 0.05) is 11.4 Å². The number of hydrogen-bond donors (Lipinski definition) is 0. The van der Waals surface area contributed by atoms with Crippen LogP contribution in [0.4, 0.5) is 5.69 Å². The first kappa shape index (κ1) is 15.6. The lowest BCUT2D eigenvalue weighted by atomic mass is 9.98. The molecule has 0 aliphatic carbocycles. The third-order valence-corrected chi connectivity index (χ3v) is 4.21. The highest BCUT2D eigenvalue weighted by atomic mass is 35.5. The Balaban J connectivity index is 1.84. The number of hydrogen-bond acceptors (Lipinski definition) is 3. The lowest BCUT2D eigenvalue weighted by Gasteiger charge is -2.18. The normalized spacial score (nSPS) is 17.7. The molecule has 1 aliphatic heterocycles. The molecule has 0 radical (unpaired) electrons. The maximum Gasteiger partial charge on any atom is 0.237 e. The molecule has 2 aromatic rings. The third kappa shape index (κ3) is 3.08. The number of ether oxygens (including phenoxy) is 1. The second-order valence-corrected chi connectivity index (χ2v) is 5.91. The molecule has 3 rings (SSSR count). The van der Waals surface area contributed by atoms with E-state index < -0.39 is 0 Å². The molecule has 2 aromatic carbocycles. The molecule has 1 atom stereocenters. The van der Waals surface area contributed by atoms with Crippen molar-refractivity contribution in [2.75, 3.05) is 12.0 Å². The zero-order valence-electron chi connectivity index (χ0n) is 12.7. The van der Waals surface area contributed by atoms with Crippen molar-refractivity contribution in [2.24, 2.45) is 5.92 Å². The predicted octanol–water partition coefficient (Wildman–Crippen LogP) is 3.47. The molecular weight excluding hydrogens is 314 g/mol. The van der Waals surface area contributed by atoms with Crippen LogP contribution in [0.3, 0.4) is 0 Å². The summed E-state index contributed by atoms with van der Waals surface area (Å²) in [7, 11) is 1.52. The maximum absolute atomic E-state index is 12.7. The van der Waals surface area contributed by atoms with Gasteiger partial charge in [0.2, 0.25) is 11.8 Å². The fraction of sp³-hybridized carbons (Fsp3) is 0.222. The number of carbonyl (C=O) groups is 2. The van der Waals surface area contributed by atoms with E-state index in [1.807, 2.05) is 12.1 Å². The summed E-state index contributed by atoms with van der Waals surface area (Å²) in [4.78, 5) is 26.3. The largest absolute Gasteiger partial charge is 0.495 e. The van der Waals surface area contributed by atoms with E-state index in [2.05, 4.69) is 0 Å². The third-order valence-electron chi connectivity index (χ3n) is 3.96. The Labute approximate surface area is 139 Å². The van der Waals surface area contributed by atoms with Crippen LogP contribution in [-0.4, -0.2) is 18.9 Å².